The summed E-state index contributed by atoms with van der Waals surface area (Å²) in [7, 11) is 0. The lowest BCUT2D eigenvalue weighted by molar-refractivity contribution is -0.112. The summed E-state index contributed by atoms with van der Waals surface area (Å²) < 4.78 is 11.5. The highest BCUT2D eigenvalue weighted by Crippen LogP contribution is 2.33. The van der Waals surface area contributed by atoms with Crippen molar-refractivity contribution in [2.24, 2.45) is 5.16 Å². The van der Waals surface area contributed by atoms with Crippen molar-refractivity contribution in [1.29, 1.82) is 0 Å². The first-order chi connectivity index (χ1) is 9.39. The van der Waals surface area contributed by atoms with Gasteiger partial charge in [0.25, 0.3) is 0 Å². The van der Waals surface area contributed by atoms with E-state index in [1.807, 2.05) is 30.3 Å². The normalized spacial score (nSPS) is 23.9. The van der Waals surface area contributed by atoms with E-state index in [-0.39, 0.29) is 0 Å². The molecular formula is C15H19NO3. The van der Waals surface area contributed by atoms with Crippen LogP contribution in [0.4, 0.5) is 0 Å². The quantitative estimate of drug-likeness (QED) is 0.785. The smallest absolute Gasteiger partial charge is 0.211 e. The fraction of sp³-hybridized carbons (Fsp3) is 0.533. The van der Waals surface area contributed by atoms with Gasteiger partial charge in [0.2, 0.25) is 5.79 Å². The van der Waals surface area contributed by atoms with Gasteiger partial charge in [0.05, 0.1) is 13.2 Å². The Hall–Kier alpha value is -1.39. The van der Waals surface area contributed by atoms with Gasteiger partial charge in [0, 0.05) is 6.42 Å². The van der Waals surface area contributed by atoms with Crippen LogP contribution in [-0.4, -0.2) is 24.7 Å². The number of hydrogen-bond donors (Lipinski definition) is 0. The number of nitrogens with zero attached hydrogens (tertiary/aromatic N) is 1. The van der Waals surface area contributed by atoms with Gasteiger partial charge >= 0.3 is 0 Å². The molecule has 0 amide bonds. The molecule has 2 aliphatic rings. The molecule has 19 heavy (non-hydrogen) atoms. The standard InChI is InChI=1S/C15H19NO3/c1-2-6-13(7-3-1)12-19-16-14-8-4-5-9-15(14)17-10-11-18-15/h1-3,6-7H,4-5,8-12H2/b16-14-. The second-order valence-corrected chi connectivity index (χ2v) is 4.95. The first kappa shape index (κ1) is 12.6. The van der Waals surface area contributed by atoms with Crippen molar-refractivity contribution < 1.29 is 14.3 Å². The predicted molar refractivity (Wildman–Crippen MR) is 71.8 cm³/mol. The van der Waals surface area contributed by atoms with E-state index >= 15 is 0 Å². The molecule has 0 aromatic heterocycles. The Kier molecular flexibility index (Phi) is 3.80. The summed E-state index contributed by atoms with van der Waals surface area (Å²) in [5.41, 5.74) is 2.03. The van der Waals surface area contributed by atoms with Crippen LogP contribution < -0.4 is 0 Å². The van der Waals surface area contributed by atoms with E-state index in [4.69, 9.17) is 14.3 Å². The predicted octanol–water partition coefficient (Wildman–Crippen LogP) is 2.88. The molecule has 4 nitrogen and oxygen atoms in total. The number of rotatable bonds is 3. The summed E-state index contributed by atoms with van der Waals surface area (Å²) >= 11 is 0. The van der Waals surface area contributed by atoms with Gasteiger partial charge < -0.3 is 14.3 Å². The molecule has 4 heteroatoms. The monoisotopic (exact) mass is 261 g/mol. The third kappa shape index (κ3) is 2.80. The third-order valence-electron chi connectivity index (χ3n) is 3.61. The molecule has 1 saturated heterocycles. The SMILES string of the molecule is c1ccc(CO/N=C2/CCCCC23OCCO3)cc1. The van der Waals surface area contributed by atoms with Crippen LogP contribution in [0.25, 0.3) is 0 Å². The lowest BCUT2D eigenvalue weighted by Gasteiger charge is -2.32. The van der Waals surface area contributed by atoms with Crippen LogP contribution in [0.2, 0.25) is 0 Å². The fourth-order valence-corrected chi connectivity index (χ4v) is 2.62. The second kappa shape index (κ2) is 5.72. The molecule has 1 aliphatic heterocycles. The largest absolute Gasteiger partial charge is 0.391 e. The molecule has 0 unspecified atom stereocenters. The van der Waals surface area contributed by atoms with Crippen molar-refractivity contribution in [3.8, 4) is 0 Å². The van der Waals surface area contributed by atoms with E-state index in [0.29, 0.717) is 19.8 Å². The van der Waals surface area contributed by atoms with Gasteiger partial charge in [0.15, 0.2) is 0 Å². The minimum absolute atomic E-state index is 0.487. The third-order valence-corrected chi connectivity index (χ3v) is 3.61. The minimum Gasteiger partial charge on any atom is -0.391 e. The minimum atomic E-state index is -0.588. The first-order valence-electron chi connectivity index (χ1n) is 6.90. The molecule has 1 aromatic rings. The summed E-state index contributed by atoms with van der Waals surface area (Å²) in [5, 5.41) is 4.28. The van der Waals surface area contributed by atoms with Gasteiger partial charge in [0.1, 0.15) is 12.3 Å². The van der Waals surface area contributed by atoms with Crippen LogP contribution in [0.1, 0.15) is 31.2 Å². The zero-order valence-corrected chi connectivity index (χ0v) is 11.0. The average Bonchev–Trinajstić information content (AvgIpc) is 2.92. The molecule has 1 spiro atoms. The first-order valence-corrected chi connectivity index (χ1v) is 6.90. The van der Waals surface area contributed by atoms with E-state index < -0.39 is 5.79 Å². The maximum absolute atomic E-state index is 5.76. The highest BCUT2D eigenvalue weighted by atomic mass is 16.7. The maximum Gasteiger partial charge on any atom is 0.211 e. The number of ether oxygens (including phenoxy) is 2. The van der Waals surface area contributed by atoms with Gasteiger partial charge in [-0.1, -0.05) is 35.5 Å². The van der Waals surface area contributed by atoms with E-state index in [1.165, 1.54) is 0 Å². The Balaban J connectivity index is 1.64. The van der Waals surface area contributed by atoms with Crippen molar-refractivity contribution >= 4 is 5.71 Å². The number of benzene rings is 1. The molecule has 1 heterocycles. The number of oxime groups is 1. The highest BCUT2D eigenvalue weighted by molar-refractivity contribution is 5.91. The topological polar surface area (TPSA) is 40.0 Å². The Morgan fingerprint density at radius 3 is 2.68 bits per heavy atom. The van der Waals surface area contributed by atoms with Gasteiger partial charge in [-0.05, 0) is 24.8 Å². The summed E-state index contributed by atoms with van der Waals surface area (Å²) in [6.07, 6.45) is 4.04. The lowest BCUT2D eigenvalue weighted by atomic mass is 9.92. The van der Waals surface area contributed by atoms with Crippen LogP contribution in [0.15, 0.2) is 35.5 Å². The Morgan fingerprint density at radius 2 is 1.89 bits per heavy atom. The average molecular weight is 261 g/mol. The van der Waals surface area contributed by atoms with Gasteiger partial charge in [-0.2, -0.15) is 0 Å². The summed E-state index contributed by atoms with van der Waals surface area (Å²) in [6, 6.07) is 10.0. The van der Waals surface area contributed by atoms with Crippen molar-refractivity contribution in [2.45, 2.75) is 38.1 Å². The molecule has 2 fully saturated rings. The molecule has 0 atom stereocenters. The number of hydrogen-bond acceptors (Lipinski definition) is 4. The fourth-order valence-electron chi connectivity index (χ4n) is 2.62. The van der Waals surface area contributed by atoms with Crippen LogP contribution in [0.5, 0.6) is 0 Å². The molecule has 1 aromatic carbocycles. The van der Waals surface area contributed by atoms with Crippen molar-refractivity contribution in [2.75, 3.05) is 13.2 Å². The van der Waals surface area contributed by atoms with E-state index in [2.05, 4.69) is 5.16 Å². The van der Waals surface area contributed by atoms with E-state index in [1.54, 1.807) is 0 Å². The Morgan fingerprint density at radius 1 is 1.11 bits per heavy atom. The van der Waals surface area contributed by atoms with E-state index in [9.17, 15) is 0 Å². The van der Waals surface area contributed by atoms with Crippen LogP contribution in [-0.2, 0) is 20.9 Å². The Bertz CT molecular complexity index is 438. The lowest BCUT2D eigenvalue weighted by Crippen LogP contribution is -2.42. The van der Waals surface area contributed by atoms with Crippen LogP contribution in [0, 0.1) is 0 Å². The summed E-state index contributed by atoms with van der Waals surface area (Å²) in [6.45, 7) is 1.79. The van der Waals surface area contributed by atoms with E-state index in [0.717, 1.165) is 37.0 Å². The van der Waals surface area contributed by atoms with Crippen molar-refractivity contribution in [3.63, 3.8) is 0 Å². The second-order valence-electron chi connectivity index (χ2n) is 4.95. The molecule has 0 radical (unpaired) electrons. The zero-order chi connectivity index (χ0) is 13.0. The molecule has 1 aliphatic carbocycles. The van der Waals surface area contributed by atoms with Gasteiger partial charge in [-0.15, -0.1) is 0 Å². The van der Waals surface area contributed by atoms with Crippen molar-refractivity contribution in [3.05, 3.63) is 35.9 Å². The molecular weight excluding hydrogens is 242 g/mol. The van der Waals surface area contributed by atoms with Crippen LogP contribution in [0.3, 0.4) is 0 Å². The van der Waals surface area contributed by atoms with Crippen LogP contribution >= 0.6 is 0 Å². The molecule has 102 valence electrons. The molecule has 3 rings (SSSR count). The summed E-state index contributed by atoms with van der Waals surface area (Å²) in [4.78, 5) is 5.47. The molecule has 0 bridgehead atoms. The van der Waals surface area contributed by atoms with Crippen molar-refractivity contribution in [1.82, 2.24) is 0 Å². The maximum atomic E-state index is 5.76. The van der Waals surface area contributed by atoms with Gasteiger partial charge in [-0.25, -0.2) is 0 Å². The summed E-state index contributed by atoms with van der Waals surface area (Å²) in [5.74, 6) is -0.588. The van der Waals surface area contributed by atoms with Gasteiger partial charge in [-0.3, -0.25) is 0 Å². The Labute approximate surface area is 113 Å². The zero-order valence-electron chi connectivity index (χ0n) is 11.0. The molecule has 1 saturated carbocycles. The highest BCUT2D eigenvalue weighted by Gasteiger charge is 2.44. The molecule has 0 N–H and O–H groups in total.